The van der Waals surface area contributed by atoms with E-state index in [1.807, 2.05) is 0 Å². The smallest absolute Gasteiger partial charge is 0.272 e. The van der Waals surface area contributed by atoms with E-state index in [0.29, 0.717) is 16.8 Å². The molecule has 20 heavy (non-hydrogen) atoms. The topological polar surface area (TPSA) is 41.1 Å². The first-order valence-electron chi connectivity index (χ1n) is 5.75. The SMILES string of the molecule is Cc1cc(Cl)ccc1NNC(=O)c1ccc(F)cc1F. The van der Waals surface area contributed by atoms with Gasteiger partial charge in [0.15, 0.2) is 0 Å². The lowest BCUT2D eigenvalue weighted by Crippen LogP contribution is -2.30. The number of hydrogen-bond acceptors (Lipinski definition) is 2. The van der Waals surface area contributed by atoms with Crippen molar-refractivity contribution in [2.24, 2.45) is 0 Å². The number of hydrogen-bond donors (Lipinski definition) is 2. The Hall–Kier alpha value is -2.14. The fourth-order valence-electron chi connectivity index (χ4n) is 1.63. The van der Waals surface area contributed by atoms with Gasteiger partial charge in [-0.1, -0.05) is 11.6 Å². The van der Waals surface area contributed by atoms with E-state index in [-0.39, 0.29) is 5.56 Å². The molecule has 104 valence electrons. The number of carbonyl (C=O) groups is 1. The minimum absolute atomic E-state index is 0.245. The minimum atomic E-state index is -0.919. The molecule has 0 saturated heterocycles. The maximum Gasteiger partial charge on any atom is 0.272 e. The molecule has 0 bridgehead atoms. The molecule has 2 rings (SSSR count). The third kappa shape index (κ3) is 3.24. The third-order valence-electron chi connectivity index (χ3n) is 2.67. The number of hydrazine groups is 1. The number of halogens is 3. The molecule has 2 N–H and O–H groups in total. The lowest BCUT2D eigenvalue weighted by atomic mass is 10.2. The first-order valence-corrected chi connectivity index (χ1v) is 6.13. The van der Waals surface area contributed by atoms with Gasteiger partial charge in [0, 0.05) is 11.1 Å². The van der Waals surface area contributed by atoms with Crippen LogP contribution in [0.25, 0.3) is 0 Å². The second kappa shape index (κ2) is 5.88. The van der Waals surface area contributed by atoms with Gasteiger partial charge in [0.1, 0.15) is 11.6 Å². The molecule has 6 heteroatoms. The Kier molecular flexibility index (Phi) is 4.20. The van der Waals surface area contributed by atoms with Crippen LogP contribution < -0.4 is 10.9 Å². The summed E-state index contributed by atoms with van der Waals surface area (Å²) in [5.74, 6) is -2.35. The maximum absolute atomic E-state index is 13.4. The quantitative estimate of drug-likeness (QED) is 0.848. The van der Waals surface area contributed by atoms with Crippen LogP contribution >= 0.6 is 11.6 Å². The third-order valence-corrected chi connectivity index (χ3v) is 2.91. The summed E-state index contributed by atoms with van der Waals surface area (Å²) in [4.78, 5) is 11.8. The van der Waals surface area contributed by atoms with Crippen molar-refractivity contribution in [3.05, 3.63) is 64.2 Å². The molecule has 0 unspecified atom stereocenters. The molecule has 0 aliphatic rings. The summed E-state index contributed by atoms with van der Waals surface area (Å²) >= 11 is 5.81. The van der Waals surface area contributed by atoms with E-state index in [2.05, 4.69) is 10.9 Å². The van der Waals surface area contributed by atoms with Gasteiger partial charge in [-0.3, -0.25) is 15.6 Å². The van der Waals surface area contributed by atoms with Gasteiger partial charge in [-0.05, 0) is 42.8 Å². The van der Waals surface area contributed by atoms with E-state index >= 15 is 0 Å². The summed E-state index contributed by atoms with van der Waals surface area (Å²) < 4.78 is 26.2. The van der Waals surface area contributed by atoms with Crippen molar-refractivity contribution in [2.45, 2.75) is 6.92 Å². The molecule has 0 spiro atoms. The molecule has 0 heterocycles. The van der Waals surface area contributed by atoms with E-state index in [4.69, 9.17) is 11.6 Å². The monoisotopic (exact) mass is 296 g/mol. The number of carbonyl (C=O) groups excluding carboxylic acids is 1. The van der Waals surface area contributed by atoms with Crippen molar-refractivity contribution >= 4 is 23.2 Å². The average Bonchev–Trinajstić information content (AvgIpc) is 2.37. The second-order valence-electron chi connectivity index (χ2n) is 4.16. The number of nitrogens with one attached hydrogen (secondary N) is 2. The molecule has 2 aromatic carbocycles. The van der Waals surface area contributed by atoms with Gasteiger partial charge in [0.05, 0.1) is 11.3 Å². The van der Waals surface area contributed by atoms with E-state index < -0.39 is 17.5 Å². The zero-order valence-corrected chi connectivity index (χ0v) is 11.3. The highest BCUT2D eigenvalue weighted by Crippen LogP contribution is 2.19. The molecule has 0 saturated carbocycles. The van der Waals surface area contributed by atoms with Crippen LogP contribution in [0.1, 0.15) is 15.9 Å². The first-order chi connectivity index (χ1) is 9.47. The highest BCUT2D eigenvalue weighted by molar-refractivity contribution is 6.30. The summed E-state index contributed by atoms with van der Waals surface area (Å²) in [6.07, 6.45) is 0. The Labute approximate surface area is 119 Å². The van der Waals surface area contributed by atoms with Crippen LogP contribution in [-0.2, 0) is 0 Å². The highest BCUT2D eigenvalue weighted by Gasteiger charge is 2.12. The Morgan fingerprint density at radius 1 is 1.15 bits per heavy atom. The molecule has 2 aromatic rings. The Morgan fingerprint density at radius 3 is 2.55 bits per heavy atom. The van der Waals surface area contributed by atoms with Crippen LogP contribution in [0.3, 0.4) is 0 Å². The predicted molar refractivity (Wildman–Crippen MR) is 73.6 cm³/mol. The zero-order chi connectivity index (χ0) is 14.7. The van der Waals surface area contributed by atoms with Crippen molar-refractivity contribution in [3.63, 3.8) is 0 Å². The standard InChI is InChI=1S/C14H11ClF2N2O/c1-8-6-9(15)2-5-13(8)18-19-14(20)11-4-3-10(16)7-12(11)17/h2-7,18H,1H3,(H,19,20). The van der Waals surface area contributed by atoms with Gasteiger partial charge in [-0.25, -0.2) is 8.78 Å². The lowest BCUT2D eigenvalue weighted by molar-refractivity contribution is 0.0958. The van der Waals surface area contributed by atoms with Crippen molar-refractivity contribution in [3.8, 4) is 0 Å². The van der Waals surface area contributed by atoms with Crippen molar-refractivity contribution in [1.29, 1.82) is 0 Å². The van der Waals surface area contributed by atoms with Crippen LogP contribution in [0.4, 0.5) is 14.5 Å². The fraction of sp³-hybridized carbons (Fsp3) is 0.0714. The normalized spacial score (nSPS) is 10.2. The van der Waals surface area contributed by atoms with E-state index in [0.717, 1.165) is 17.7 Å². The summed E-state index contributed by atoms with van der Waals surface area (Å²) in [5, 5.41) is 0.573. The zero-order valence-electron chi connectivity index (χ0n) is 10.5. The number of amides is 1. The number of anilines is 1. The molecule has 0 radical (unpaired) electrons. The van der Waals surface area contributed by atoms with Crippen LogP contribution in [0.15, 0.2) is 36.4 Å². The van der Waals surface area contributed by atoms with Gasteiger partial charge < -0.3 is 0 Å². The number of benzene rings is 2. The second-order valence-corrected chi connectivity index (χ2v) is 4.60. The molecule has 0 aliphatic heterocycles. The summed E-state index contributed by atoms with van der Waals surface area (Å²) in [6.45, 7) is 1.80. The predicted octanol–water partition coefficient (Wildman–Crippen LogP) is 3.68. The van der Waals surface area contributed by atoms with Crippen LogP contribution in [-0.4, -0.2) is 5.91 Å². The summed E-state index contributed by atoms with van der Waals surface area (Å²) in [6, 6.07) is 7.80. The van der Waals surface area contributed by atoms with Crippen LogP contribution in [0.2, 0.25) is 5.02 Å². The van der Waals surface area contributed by atoms with E-state index in [1.54, 1.807) is 25.1 Å². The lowest BCUT2D eigenvalue weighted by Gasteiger charge is -2.11. The van der Waals surface area contributed by atoms with Gasteiger partial charge in [-0.2, -0.15) is 0 Å². The van der Waals surface area contributed by atoms with Crippen LogP contribution in [0, 0.1) is 18.6 Å². The molecule has 0 fully saturated rings. The highest BCUT2D eigenvalue weighted by atomic mass is 35.5. The van der Waals surface area contributed by atoms with Gasteiger partial charge >= 0.3 is 0 Å². The molecule has 1 amide bonds. The molecular weight excluding hydrogens is 286 g/mol. The van der Waals surface area contributed by atoms with Crippen molar-refractivity contribution < 1.29 is 13.6 Å². The Balaban J connectivity index is 2.08. The van der Waals surface area contributed by atoms with Gasteiger partial charge in [0.2, 0.25) is 0 Å². The van der Waals surface area contributed by atoms with Crippen molar-refractivity contribution in [2.75, 3.05) is 5.43 Å². The van der Waals surface area contributed by atoms with Crippen LogP contribution in [0.5, 0.6) is 0 Å². The van der Waals surface area contributed by atoms with Gasteiger partial charge in [0.25, 0.3) is 5.91 Å². The van der Waals surface area contributed by atoms with E-state index in [1.165, 1.54) is 0 Å². The minimum Gasteiger partial charge on any atom is -0.298 e. The summed E-state index contributed by atoms with van der Waals surface area (Å²) in [5.41, 5.74) is 6.21. The largest absolute Gasteiger partial charge is 0.298 e. The average molecular weight is 297 g/mol. The molecule has 0 aliphatic carbocycles. The maximum atomic E-state index is 13.4. The van der Waals surface area contributed by atoms with Gasteiger partial charge in [-0.15, -0.1) is 0 Å². The van der Waals surface area contributed by atoms with Crippen molar-refractivity contribution in [1.82, 2.24) is 5.43 Å². The molecule has 0 aromatic heterocycles. The molecule has 0 atom stereocenters. The Bertz CT molecular complexity index is 662. The van der Waals surface area contributed by atoms with E-state index in [9.17, 15) is 13.6 Å². The molecule has 3 nitrogen and oxygen atoms in total. The first kappa shape index (κ1) is 14.3. The summed E-state index contributed by atoms with van der Waals surface area (Å²) in [7, 11) is 0. The number of rotatable bonds is 3. The number of aryl methyl sites for hydroxylation is 1. The Morgan fingerprint density at radius 2 is 1.90 bits per heavy atom. The molecular formula is C14H11ClF2N2O. The fourth-order valence-corrected chi connectivity index (χ4v) is 1.86.